The average molecular weight is 288 g/mol. The molecule has 0 bridgehead atoms. The average Bonchev–Trinajstić information content (AvgIpc) is 2.40. The zero-order valence-electron chi connectivity index (χ0n) is 12.1. The molecular weight excluding hydrogens is 266 g/mol. The van der Waals surface area contributed by atoms with Gasteiger partial charge in [-0.25, -0.2) is 0 Å². The fraction of sp³-hybridized carbons (Fsp3) is 0.222. The third-order valence-corrected chi connectivity index (χ3v) is 2.99. The van der Waals surface area contributed by atoms with E-state index in [-0.39, 0.29) is 12.4 Å². The number of rotatable bonds is 5. The molecule has 0 radical (unpaired) electrons. The summed E-state index contributed by atoms with van der Waals surface area (Å²) in [7, 11) is 4.16. The van der Waals surface area contributed by atoms with Crippen LogP contribution < -0.4 is 0 Å². The lowest BCUT2D eigenvalue weighted by Crippen LogP contribution is -2.06. The zero-order chi connectivity index (χ0) is 13.5. The molecule has 0 aliphatic carbocycles. The molecule has 0 saturated heterocycles. The molecule has 0 saturated carbocycles. The minimum absolute atomic E-state index is 0. The molecule has 0 unspecified atom stereocenters. The lowest BCUT2D eigenvalue weighted by molar-refractivity contribution is 0.554. The van der Waals surface area contributed by atoms with Gasteiger partial charge in [-0.2, -0.15) is 0 Å². The van der Waals surface area contributed by atoms with Crippen LogP contribution in [0.4, 0.5) is 0 Å². The Morgan fingerprint density at radius 3 is 1.55 bits per heavy atom. The highest BCUT2D eigenvalue weighted by Gasteiger charge is 2.02. The van der Waals surface area contributed by atoms with Crippen LogP contribution in [0.5, 0.6) is 0 Å². The maximum absolute atomic E-state index is 2.24. The van der Waals surface area contributed by atoms with Gasteiger partial charge in [-0.15, -0.1) is 12.4 Å². The normalized spacial score (nSPS) is 9.50. The van der Waals surface area contributed by atoms with Gasteiger partial charge >= 0.3 is 0 Å². The Bertz CT molecular complexity index is 474. The minimum Gasteiger partial charge on any atom is -0.384 e. The van der Waals surface area contributed by atoms with Crippen molar-refractivity contribution in [3.63, 3.8) is 0 Å². The van der Waals surface area contributed by atoms with E-state index in [1.54, 1.807) is 0 Å². The predicted octanol–water partition coefficient (Wildman–Crippen LogP) is 4.34. The van der Waals surface area contributed by atoms with Gasteiger partial charge in [0, 0.05) is 14.1 Å². The van der Waals surface area contributed by atoms with Crippen LogP contribution in [-0.2, 0) is 12.8 Å². The number of benzene rings is 2. The van der Waals surface area contributed by atoms with E-state index in [0.717, 1.165) is 12.8 Å². The predicted molar refractivity (Wildman–Crippen MR) is 89.3 cm³/mol. The van der Waals surface area contributed by atoms with Gasteiger partial charge in [0.25, 0.3) is 0 Å². The number of halogens is 1. The van der Waals surface area contributed by atoms with Crippen LogP contribution in [0.15, 0.2) is 72.4 Å². The van der Waals surface area contributed by atoms with Crippen molar-refractivity contribution in [1.82, 2.24) is 4.90 Å². The number of hydrogen-bond acceptors (Lipinski definition) is 1. The lowest BCUT2D eigenvalue weighted by atomic mass is 9.99. The first-order valence-electron chi connectivity index (χ1n) is 6.68. The molecule has 0 N–H and O–H groups in total. The number of allylic oxidation sites excluding steroid dienone is 1. The van der Waals surface area contributed by atoms with Crippen LogP contribution in [0, 0.1) is 0 Å². The molecule has 2 rings (SSSR count). The number of hydrogen-bond donors (Lipinski definition) is 0. The van der Waals surface area contributed by atoms with E-state index in [0.29, 0.717) is 0 Å². The molecule has 0 aliphatic rings. The summed E-state index contributed by atoms with van der Waals surface area (Å²) in [6.45, 7) is 0. The largest absolute Gasteiger partial charge is 0.384 e. The van der Waals surface area contributed by atoms with Gasteiger partial charge in [0.15, 0.2) is 0 Å². The molecule has 0 atom stereocenters. The van der Waals surface area contributed by atoms with Crippen molar-refractivity contribution in [3.05, 3.63) is 83.6 Å². The maximum atomic E-state index is 2.24. The van der Waals surface area contributed by atoms with Crippen molar-refractivity contribution in [2.45, 2.75) is 12.8 Å². The Balaban J connectivity index is 0.00000200. The van der Waals surface area contributed by atoms with E-state index < -0.39 is 0 Å². The molecule has 0 aliphatic heterocycles. The van der Waals surface area contributed by atoms with Gasteiger partial charge < -0.3 is 4.90 Å². The van der Waals surface area contributed by atoms with Gasteiger partial charge in [-0.3, -0.25) is 0 Å². The molecule has 0 aromatic heterocycles. The Morgan fingerprint density at radius 1 is 0.800 bits per heavy atom. The summed E-state index contributed by atoms with van der Waals surface area (Å²) in [5, 5.41) is 0. The second kappa shape index (κ2) is 8.44. The molecule has 106 valence electrons. The third-order valence-electron chi connectivity index (χ3n) is 2.99. The van der Waals surface area contributed by atoms with Crippen molar-refractivity contribution < 1.29 is 0 Å². The van der Waals surface area contributed by atoms with Crippen LogP contribution in [0.2, 0.25) is 0 Å². The van der Waals surface area contributed by atoms with E-state index in [2.05, 4.69) is 85.9 Å². The first-order chi connectivity index (χ1) is 9.24. The van der Waals surface area contributed by atoms with E-state index in [9.17, 15) is 0 Å². The monoisotopic (exact) mass is 287 g/mol. The highest BCUT2D eigenvalue weighted by Crippen LogP contribution is 2.14. The van der Waals surface area contributed by atoms with Gasteiger partial charge in [-0.05, 0) is 35.7 Å². The Kier molecular flexibility index (Phi) is 6.89. The summed E-state index contributed by atoms with van der Waals surface area (Å²) >= 11 is 0. The molecule has 2 aromatic rings. The smallest absolute Gasteiger partial charge is 0.00556 e. The van der Waals surface area contributed by atoms with Crippen molar-refractivity contribution in [1.29, 1.82) is 0 Å². The first kappa shape index (κ1) is 16.3. The molecule has 20 heavy (non-hydrogen) atoms. The molecule has 0 spiro atoms. The van der Waals surface area contributed by atoms with Gasteiger partial charge in [0.2, 0.25) is 0 Å². The molecule has 2 heteroatoms. The van der Waals surface area contributed by atoms with Gasteiger partial charge in [0.1, 0.15) is 0 Å². The van der Waals surface area contributed by atoms with Gasteiger partial charge in [0.05, 0.1) is 0 Å². The molecule has 2 aromatic carbocycles. The standard InChI is InChI=1S/C18H21N.ClH/c1-19(2)15-18(13-16-9-5-3-6-10-16)14-17-11-7-4-8-12-17;/h3-12,15H,13-14H2,1-2H3;1H. The fourth-order valence-corrected chi connectivity index (χ4v) is 2.24. The lowest BCUT2D eigenvalue weighted by Gasteiger charge is -2.13. The second-order valence-corrected chi connectivity index (χ2v) is 5.08. The summed E-state index contributed by atoms with van der Waals surface area (Å²) in [6, 6.07) is 21.3. The molecule has 0 heterocycles. The van der Waals surface area contributed by atoms with Crippen molar-refractivity contribution in [2.24, 2.45) is 0 Å². The van der Waals surface area contributed by atoms with E-state index >= 15 is 0 Å². The fourth-order valence-electron chi connectivity index (χ4n) is 2.24. The van der Waals surface area contributed by atoms with E-state index in [1.165, 1.54) is 16.7 Å². The molecular formula is C18H22ClN. The Morgan fingerprint density at radius 2 is 1.20 bits per heavy atom. The second-order valence-electron chi connectivity index (χ2n) is 5.08. The minimum atomic E-state index is 0. The maximum Gasteiger partial charge on any atom is 0.00556 e. The van der Waals surface area contributed by atoms with Crippen molar-refractivity contribution >= 4 is 12.4 Å². The zero-order valence-corrected chi connectivity index (χ0v) is 12.9. The molecule has 1 nitrogen and oxygen atoms in total. The molecule has 0 amide bonds. The number of nitrogens with zero attached hydrogens (tertiary/aromatic N) is 1. The Labute approximate surface area is 128 Å². The van der Waals surface area contributed by atoms with E-state index in [4.69, 9.17) is 0 Å². The third kappa shape index (κ3) is 5.50. The summed E-state index contributed by atoms with van der Waals surface area (Å²) in [4.78, 5) is 2.13. The quantitative estimate of drug-likeness (QED) is 0.791. The van der Waals surface area contributed by atoms with Crippen LogP contribution in [0.25, 0.3) is 0 Å². The summed E-state index contributed by atoms with van der Waals surface area (Å²) in [6.07, 6.45) is 4.25. The highest BCUT2D eigenvalue weighted by molar-refractivity contribution is 5.85. The highest BCUT2D eigenvalue weighted by atomic mass is 35.5. The van der Waals surface area contributed by atoms with Crippen LogP contribution in [-0.4, -0.2) is 19.0 Å². The Hall–Kier alpha value is -1.73. The van der Waals surface area contributed by atoms with E-state index in [1.807, 2.05) is 0 Å². The summed E-state index contributed by atoms with van der Waals surface area (Å²) in [5.41, 5.74) is 4.17. The first-order valence-corrected chi connectivity index (χ1v) is 6.68. The van der Waals surface area contributed by atoms with Crippen LogP contribution >= 0.6 is 12.4 Å². The summed E-state index contributed by atoms with van der Waals surface area (Å²) < 4.78 is 0. The van der Waals surface area contributed by atoms with Crippen LogP contribution in [0.1, 0.15) is 11.1 Å². The van der Waals surface area contributed by atoms with Gasteiger partial charge in [-0.1, -0.05) is 60.7 Å². The SMILES string of the molecule is CN(C)C=C(Cc1ccccc1)Cc1ccccc1.Cl. The summed E-state index contributed by atoms with van der Waals surface area (Å²) in [5.74, 6) is 0. The van der Waals surface area contributed by atoms with Crippen molar-refractivity contribution in [3.8, 4) is 0 Å². The molecule has 0 fully saturated rings. The van der Waals surface area contributed by atoms with Crippen molar-refractivity contribution in [2.75, 3.05) is 14.1 Å². The van der Waals surface area contributed by atoms with Crippen LogP contribution in [0.3, 0.4) is 0 Å². The topological polar surface area (TPSA) is 3.24 Å².